The number of hydrogen-bond acceptors (Lipinski definition) is 4. The first kappa shape index (κ1) is 16.8. The highest BCUT2D eigenvalue weighted by Crippen LogP contribution is 2.03. The van der Waals surface area contributed by atoms with Crippen molar-refractivity contribution in [3.63, 3.8) is 0 Å². The van der Waals surface area contributed by atoms with E-state index in [0.29, 0.717) is 19.6 Å². The lowest BCUT2D eigenvalue weighted by Crippen LogP contribution is -2.31. The molecule has 0 heterocycles. The molecule has 6 heteroatoms. The van der Waals surface area contributed by atoms with Crippen LogP contribution in [0.4, 0.5) is 0 Å². The van der Waals surface area contributed by atoms with Gasteiger partial charge < -0.3 is 10.1 Å². The zero-order valence-corrected chi connectivity index (χ0v) is 12.1. The quantitative estimate of drug-likeness (QED) is 0.559. The summed E-state index contributed by atoms with van der Waals surface area (Å²) in [6.45, 7) is 4.99. The molecule has 0 aromatic rings. The monoisotopic (exact) mass is 266 g/mol. The minimum atomic E-state index is -3.08. The van der Waals surface area contributed by atoms with Crippen LogP contribution in [0.5, 0.6) is 0 Å². The van der Waals surface area contributed by atoms with Crippen molar-refractivity contribution < 1.29 is 13.2 Å². The summed E-state index contributed by atoms with van der Waals surface area (Å²) in [5.74, 6) is 0.238. The number of nitrogens with zero attached hydrogens (tertiary/aromatic N) is 1. The largest absolute Gasteiger partial charge is 0.385 e. The molecule has 0 rings (SSSR count). The Hall–Kier alpha value is -0.170. The third kappa shape index (κ3) is 8.54. The van der Waals surface area contributed by atoms with Gasteiger partial charge in [-0.15, -0.1) is 0 Å². The lowest BCUT2D eigenvalue weighted by atomic mass is 10.3. The highest BCUT2D eigenvalue weighted by molar-refractivity contribution is 7.89. The zero-order chi connectivity index (χ0) is 13.1. The Bertz CT molecular complexity index is 268. The van der Waals surface area contributed by atoms with E-state index in [-0.39, 0.29) is 5.75 Å². The molecule has 0 saturated carbocycles. The summed E-state index contributed by atoms with van der Waals surface area (Å²) in [6, 6.07) is 0. The van der Waals surface area contributed by atoms with Crippen LogP contribution in [0.2, 0.25) is 0 Å². The number of hydrogen-bond donors (Lipinski definition) is 1. The molecule has 0 saturated heterocycles. The molecule has 0 spiro atoms. The van der Waals surface area contributed by atoms with Gasteiger partial charge >= 0.3 is 0 Å². The first-order chi connectivity index (χ1) is 8.04. The van der Waals surface area contributed by atoms with Gasteiger partial charge in [0.05, 0.1) is 5.75 Å². The van der Waals surface area contributed by atoms with Crippen molar-refractivity contribution in [2.75, 3.05) is 46.2 Å². The zero-order valence-electron chi connectivity index (χ0n) is 11.2. The lowest BCUT2D eigenvalue weighted by molar-refractivity contribution is 0.189. The first-order valence-electron chi connectivity index (χ1n) is 6.18. The molecule has 104 valence electrons. The standard InChI is InChI=1S/C11H26N2O3S/c1-4-12-8-5-6-11-17(14,15)13(2)9-7-10-16-3/h12H,4-11H2,1-3H3. The van der Waals surface area contributed by atoms with Crippen molar-refractivity contribution in [1.82, 2.24) is 9.62 Å². The predicted molar refractivity (Wildman–Crippen MR) is 70.7 cm³/mol. The SMILES string of the molecule is CCNCCCCS(=O)(=O)N(C)CCCOC. The molecule has 0 fully saturated rings. The van der Waals surface area contributed by atoms with E-state index < -0.39 is 10.0 Å². The van der Waals surface area contributed by atoms with E-state index in [4.69, 9.17) is 4.74 Å². The van der Waals surface area contributed by atoms with Gasteiger partial charge in [-0.05, 0) is 32.4 Å². The van der Waals surface area contributed by atoms with E-state index in [9.17, 15) is 8.42 Å². The number of rotatable bonds is 11. The third-order valence-corrected chi connectivity index (χ3v) is 4.49. The molecule has 0 atom stereocenters. The third-order valence-electron chi connectivity index (χ3n) is 2.55. The Morgan fingerprint density at radius 1 is 1.24 bits per heavy atom. The fraction of sp³-hybridized carbons (Fsp3) is 1.00. The summed E-state index contributed by atoms with van der Waals surface area (Å²) in [5.41, 5.74) is 0. The molecule has 17 heavy (non-hydrogen) atoms. The van der Waals surface area contributed by atoms with Gasteiger partial charge in [0.1, 0.15) is 0 Å². The Morgan fingerprint density at radius 2 is 1.94 bits per heavy atom. The second-order valence-electron chi connectivity index (χ2n) is 4.04. The van der Waals surface area contributed by atoms with Crippen LogP contribution in [0.3, 0.4) is 0 Å². The first-order valence-corrected chi connectivity index (χ1v) is 7.79. The number of ether oxygens (including phenoxy) is 1. The van der Waals surface area contributed by atoms with Gasteiger partial charge in [0.25, 0.3) is 0 Å². The van der Waals surface area contributed by atoms with Crippen LogP contribution >= 0.6 is 0 Å². The number of methoxy groups -OCH3 is 1. The molecule has 0 bridgehead atoms. The number of sulfonamides is 1. The van der Waals surface area contributed by atoms with E-state index >= 15 is 0 Å². The summed E-state index contributed by atoms with van der Waals surface area (Å²) < 4.78 is 30.0. The number of unbranched alkanes of at least 4 members (excludes halogenated alkanes) is 1. The van der Waals surface area contributed by atoms with Gasteiger partial charge in [0.15, 0.2) is 0 Å². The summed E-state index contributed by atoms with van der Waals surface area (Å²) in [4.78, 5) is 0. The smallest absolute Gasteiger partial charge is 0.213 e. The van der Waals surface area contributed by atoms with Crippen LogP contribution < -0.4 is 5.32 Å². The van der Waals surface area contributed by atoms with Crippen molar-refractivity contribution in [2.45, 2.75) is 26.2 Å². The summed E-state index contributed by atoms with van der Waals surface area (Å²) in [7, 11) is 0.177. The van der Waals surface area contributed by atoms with Crippen molar-refractivity contribution in [1.29, 1.82) is 0 Å². The van der Waals surface area contributed by atoms with Crippen LogP contribution in [0.1, 0.15) is 26.2 Å². The van der Waals surface area contributed by atoms with Crippen LogP contribution in [0.25, 0.3) is 0 Å². The van der Waals surface area contributed by atoms with E-state index in [0.717, 1.165) is 25.9 Å². The average Bonchev–Trinajstić information content (AvgIpc) is 2.29. The fourth-order valence-corrected chi connectivity index (χ4v) is 2.73. The molecule has 1 N–H and O–H groups in total. The average molecular weight is 266 g/mol. The second kappa shape index (κ2) is 9.82. The van der Waals surface area contributed by atoms with Crippen molar-refractivity contribution >= 4 is 10.0 Å². The highest BCUT2D eigenvalue weighted by Gasteiger charge is 2.16. The van der Waals surface area contributed by atoms with Gasteiger partial charge in [-0.1, -0.05) is 6.92 Å². The minimum absolute atomic E-state index is 0.238. The molecule has 0 aliphatic rings. The topological polar surface area (TPSA) is 58.6 Å². The van der Waals surface area contributed by atoms with E-state index in [1.165, 1.54) is 4.31 Å². The summed E-state index contributed by atoms with van der Waals surface area (Å²) >= 11 is 0. The Kier molecular flexibility index (Phi) is 9.72. The predicted octanol–water partition coefficient (Wildman–Crippen LogP) is 0.674. The van der Waals surface area contributed by atoms with Gasteiger partial charge in [-0.3, -0.25) is 0 Å². The Balaban J connectivity index is 3.77. The summed E-state index contributed by atoms with van der Waals surface area (Å²) in [6.07, 6.45) is 2.35. The van der Waals surface area contributed by atoms with E-state index in [1.807, 2.05) is 6.92 Å². The normalized spacial score (nSPS) is 12.2. The molecule has 0 aromatic heterocycles. The van der Waals surface area contributed by atoms with Crippen LogP contribution in [-0.2, 0) is 14.8 Å². The van der Waals surface area contributed by atoms with Crippen molar-refractivity contribution in [3.05, 3.63) is 0 Å². The maximum atomic E-state index is 11.8. The van der Waals surface area contributed by atoms with Crippen LogP contribution in [0, 0.1) is 0 Å². The molecule has 5 nitrogen and oxygen atoms in total. The van der Waals surface area contributed by atoms with Gasteiger partial charge in [0.2, 0.25) is 10.0 Å². The van der Waals surface area contributed by atoms with Crippen molar-refractivity contribution in [3.8, 4) is 0 Å². The summed E-state index contributed by atoms with van der Waals surface area (Å²) in [5, 5.41) is 3.18. The molecule has 0 aromatic carbocycles. The highest BCUT2D eigenvalue weighted by atomic mass is 32.2. The van der Waals surface area contributed by atoms with Gasteiger partial charge in [-0.25, -0.2) is 12.7 Å². The molecular formula is C11H26N2O3S. The molecule has 0 radical (unpaired) electrons. The van der Waals surface area contributed by atoms with Crippen LogP contribution in [-0.4, -0.2) is 58.9 Å². The lowest BCUT2D eigenvalue weighted by Gasteiger charge is -2.16. The molecule has 0 unspecified atom stereocenters. The van der Waals surface area contributed by atoms with Crippen molar-refractivity contribution in [2.24, 2.45) is 0 Å². The van der Waals surface area contributed by atoms with E-state index in [2.05, 4.69) is 5.32 Å². The van der Waals surface area contributed by atoms with E-state index in [1.54, 1.807) is 14.2 Å². The minimum Gasteiger partial charge on any atom is -0.385 e. The maximum absolute atomic E-state index is 11.8. The maximum Gasteiger partial charge on any atom is 0.213 e. The Morgan fingerprint density at radius 3 is 2.53 bits per heavy atom. The van der Waals surface area contributed by atoms with Crippen LogP contribution in [0.15, 0.2) is 0 Å². The van der Waals surface area contributed by atoms with Gasteiger partial charge in [-0.2, -0.15) is 0 Å². The Labute approximate surface area is 106 Å². The molecule has 0 amide bonds. The molecular weight excluding hydrogens is 240 g/mol. The van der Waals surface area contributed by atoms with Gasteiger partial charge in [0, 0.05) is 27.3 Å². The molecule has 0 aliphatic heterocycles. The fourth-order valence-electron chi connectivity index (χ4n) is 1.44. The molecule has 0 aliphatic carbocycles. The second-order valence-corrected chi connectivity index (χ2v) is 6.24. The number of nitrogens with one attached hydrogen (secondary N) is 1.